The van der Waals surface area contributed by atoms with E-state index in [1.54, 1.807) is 0 Å². The summed E-state index contributed by atoms with van der Waals surface area (Å²) >= 11 is 0. The number of piperidine rings is 1. The molecule has 1 atom stereocenters. The number of carbonyl (C=O) groups is 1. The van der Waals surface area contributed by atoms with Crippen LogP contribution in [0.1, 0.15) is 19.3 Å². The molecular formula is C10H17F3N2O2. The Labute approximate surface area is 97.9 Å². The SMILES string of the molecule is O=C(CCOCC(F)(F)F)NC1CCCNC1. The fourth-order valence-electron chi connectivity index (χ4n) is 1.63. The second kappa shape index (κ2) is 6.80. The Hall–Kier alpha value is -0.820. The summed E-state index contributed by atoms with van der Waals surface area (Å²) in [4.78, 5) is 11.3. The van der Waals surface area contributed by atoms with Crippen molar-refractivity contribution in [3.05, 3.63) is 0 Å². The minimum Gasteiger partial charge on any atom is -0.372 e. The quantitative estimate of drug-likeness (QED) is 0.714. The minimum absolute atomic E-state index is 0.0351. The van der Waals surface area contributed by atoms with Crippen LogP contribution in [0.5, 0.6) is 0 Å². The summed E-state index contributed by atoms with van der Waals surface area (Å²) < 4.78 is 39.5. The molecule has 1 unspecified atom stereocenters. The van der Waals surface area contributed by atoms with E-state index in [1.165, 1.54) is 0 Å². The highest BCUT2D eigenvalue weighted by Crippen LogP contribution is 2.14. The highest BCUT2D eigenvalue weighted by Gasteiger charge is 2.27. The van der Waals surface area contributed by atoms with Crippen LogP contribution in [0.4, 0.5) is 13.2 Å². The van der Waals surface area contributed by atoms with E-state index >= 15 is 0 Å². The van der Waals surface area contributed by atoms with Crippen LogP contribution >= 0.6 is 0 Å². The summed E-state index contributed by atoms with van der Waals surface area (Å²) in [5.74, 6) is -0.263. The van der Waals surface area contributed by atoms with Crippen LogP contribution < -0.4 is 10.6 Å². The zero-order valence-electron chi connectivity index (χ0n) is 9.48. The number of rotatable bonds is 5. The van der Waals surface area contributed by atoms with Gasteiger partial charge >= 0.3 is 6.18 Å². The molecule has 1 amide bonds. The molecule has 0 radical (unpaired) electrons. The first-order valence-electron chi connectivity index (χ1n) is 5.62. The molecule has 0 saturated carbocycles. The number of alkyl halides is 3. The highest BCUT2D eigenvalue weighted by atomic mass is 19.4. The van der Waals surface area contributed by atoms with Crippen LogP contribution in [-0.2, 0) is 9.53 Å². The molecule has 4 nitrogen and oxygen atoms in total. The molecule has 1 aliphatic heterocycles. The van der Waals surface area contributed by atoms with Gasteiger partial charge in [0.2, 0.25) is 5.91 Å². The lowest BCUT2D eigenvalue weighted by molar-refractivity contribution is -0.174. The van der Waals surface area contributed by atoms with Crippen molar-refractivity contribution in [3.63, 3.8) is 0 Å². The van der Waals surface area contributed by atoms with Gasteiger partial charge in [0.1, 0.15) is 6.61 Å². The van der Waals surface area contributed by atoms with Gasteiger partial charge < -0.3 is 15.4 Å². The summed E-state index contributed by atoms with van der Waals surface area (Å²) in [6, 6.07) is 0.0823. The van der Waals surface area contributed by atoms with E-state index in [-0.39, 0.29) is 25.0 Å². The van der Waals surface area contributed by atoms with Crippen LogP contribution in [0.3, 0.4) is 0 Å². The number of hydrogen-bond acceptors (Lipinski definition) is 3. The van der Waals surface area contributed by atoms with Crippen molar-refractivity contribution in [1.29, 1.82) is 0 Å². The molecular weight excluding hydrogens is 237 g/mol. The van der Waals surface area contributed by atoms with Crippen LogP contribution in [0, 0.1) is 0 Å². The number of hydrogen-bond donors (Lipinski definition) is 2. The van der Waals surface area contributed by atoms with E-state index in [0.717, 1.165) is 25.9 Å². The van der Waals surface area contributed by atoms with E-state index in [2.05, 4.69) is 15.4 Å². The molecule has 1 heterocycles. The van der Waals surface area contributed by atoms with Crippen molar-refractivity contribution in [2.75, 3.05) is 26.3 Å². The lowest BCUT2D eigenvalue weighted by Gasteiger charge is -2.23. The van der Waals surface area contributed by atoms with Crippen molar-refractivity contribution in [2.24, 2.45) is 0 Å². The maximum absolute atomic E-state index is 11.7. The third-order valence-electron chi connectivity index (χ3n) is 2.40. The predicted octanol–water partition coefficient (Wildman–Crippen LogP) is 0.824. The molecule has 0 bridgehead atoms. The zero-order chi connectivity index (χ0) is 12.7. The average Bonchev–Trinajstić information content (AvgIpc) is 2.25. The smallest absolute Gasteiger partial charge is 0.372 e. The Morgan fingerprint density at radius 3 is 2.82 bits per heavy atom. The summed E-state index contributed by atoms with van der Waals surface area (Å²) in [5.41, 5.74) is 0. The minimum atomic E-state index is -4.33. The lowest BCUT2D eigenvalue weighted by atomic mass is 10.1. The summed E-state index contributed by atoms with van der Waals surface area (Å²) in [6.07, 6.45) is -2.46. The molecule has 1 rings (SSSR count). The molecule has 0 aromatic carbocycles. The van der Waals surface area contributed by atoms with Gasteiger partial charge in [-0.2, -0.15) is 13.2 Å². The topological polar surface area (TPSA) is 50.4 Å². The monoisotopic (exact) mass is 254 g/mol. The van der Waals surface area contributed by atoms with E-state index in [9.17, 15) is 18.0 Å². The van der Waals surface area contributed by atoms with Crippen molar-refractivity contribution < 1.29 is 22.7 Å². The Morgan fingerprint density at radius 1 is 1.47 bits per heavy atom. The number of carbonyl (C=O) groups excluding carboxylic acids is 1. The fraction of sp³-hybridized carbons (Fsp3) is 0.900. The average molecular weight is 254 g/mol. The third kappa shape index (κ3) is 7.17. The lowest BCUT2D eigenvalue weighted by Crippen LogP contribution is -2.45. The first kappa shape index (κ1) is 14.2. The van der Waals surface area contributed by atoms with E-state index < -0.39 is 12.8 Å². The van der Waals surface area contributed by atoms with Gasteiger partial charge in [-0.1, -0.05) is 0 Å². The van der Waals surface area contributed by atoms with Gasteiger partial charge in [-0.05, 0) is 19.4 Å². The summed E-state index contributed by atoms with van der Waals surface area (Å²) in [7, 11) is 0. The maximum atomic E-state index is 11.7. The Balaban J connectivity index is 2.04. The van der Waals surface area contributed by atoms with Gasteiger partial charge in [0.05, 0.1) is 6.61 Å². The normalized spacial score (nSPS) is 21.2. The molecule has 2 N–H and O–H groups in total. The van der Waals surface area contributed by atoms with Gasteiger partial charge in [-0.15, -0.1) is 0 Å². The molecule has 1 fully saturated rings. The Kier molecular flexibility index (Phi) is 5.70. The van der Waals surface area contributed by atoms with E-state index in [4.69, 9.17) is 0 Å². The van der Waals surface area contributed by atoms with Crippen LogP contribution in [0.15, 0.2) is 0 Å². The second-order valence-electron chi connectivity index (χ2n) is 4.03. The standard InChI is InChI=1S/C10H17F3N2O2/c11-10(12,13)7-17-5-3-9(16)15-8-2-1-4-14-6-8/h8,14H,1-7H2,(H,15,16). The van der Waals surface area contributed by atoms with Crippen LogP contribution in [0.2, 0.25) is 0 Å². The molecule has 7 heteroatoms. The molecule has 1 aliphatic rings. The predicted molar refractivity (Wildman–Crippen MR) is 55.5 cm³/mol. The zero-order valence-corrected chi connectivity index (χ0v) is 9.48. The van der Waals surface area contributed by atoms with Gasteiger partial charge in [0.25, 0.3) is 0 Å². The van der Waals surface area contributed by atoms with Crippen molar-refractivity contribution in [3.8, 4) is 0 Å². The van der Waals surface area contributed by atoms with Crippen molar-refractivity contribution in [2.45, 2.75) is 31.5 Å². The third-order valence-corrected chi connectivity index (χ3v) is 2.40. The Morgan fingerprint density at radius 2 is 2.24 bits per heavy atom. The molecule has 0 aromatic heterocycles. The van der Waals surface area contributed by atoms with Gasteiger partial charge in [-0.25, -0.2) is 0 Å². The number of ether oxygens (including phenoxy) is 1. The number of halogens is 3. The molecule has 0 aromatic rings. The molecule has 100 valence electrons. The van der Waals surface area contributed by atoms with E-state index in [0.29, 0.717) is 0 Å². The second-order valence-corrected chi connectivity index (χ2v) is 4.03. The van der Waals surface area contributed by atoms with Gasteiger partial charge in [-0.3, -0.25) is 4.79 Å². The first-order chi connectivity index (χ1) is 7.97. The molecule has 17 heavy (non-hydrogen) atoms. The number of amides is 1. The summed E-state index contributed by atoms with van der Waals surface area (Å²) in [6.45, 7) is 0.160. The van der Waals surface area contributed by atoms with E-state index in [1.807, 2.05) is 0 Å². The van der Waals surface area contributed by atoms with Crippen LogP contribution in [0.25, 0.3) is 0 Å². The first-order valence-corrected chi connectivity index (χ1v) is 5.62. The van der Waals surface area contributed by atoms with Crippen molar-refractivity contribution >= 4 is 5.91 Å². The Bertz CT molecular complexity index is 240. The molecule has 0 spiro atoms. The van der Waals surface area contributed by atoms with Gasteiger partial charge in [0.15, 0.2) is 0 Å². The summed E-state index contributed by atoms with van der Waals surface area (Å²) in [5, 5.41) is 5.89. The molecule has 0 aliphatic carbocycles. The maximum Gasteiger partial charge on any atom is 0.411 e. The van der Waals surface area contributed by atoms with Crippen LogP contribution in [-0.4, -0.2) is 44.4 Å². The van der Waals surface area contributed by atoms with Crippen molar-refractivity contribution in [1.82, 2.24) is 10.6 Å². The fourth-order valence-corrected chi connectivity index (χ4v) is 1.63. The molecule has 1 saturated heterocycles. The van der Waals surface area contributed by atoms with Gasteiger partial charge in [0, 0.05) is 19.0 Å². The highest BCUT2D eigenvalue weighted by molar-refractivity contribution is 5.76. The number of nitrogens with one attached hydrogen (secondary N) is 2. The largest absolute Gasteiger partial charge is 0.411 e.